The summed E-state index contributed by atoms with van der Waals surface area (Å²) in [5, 5.41) is 37.5. The zero-order valence-corrected chi connectivity index (χ0v) is 24.1. The molecule has 1 aromatic heterocycles. The van der Waals surface area contributed by atoms with E-state index in [4.69, 9.17) is 11.6 Å². The number of nitro benzene ring substituents is 1. The third-order valence-corrected chi connectivity index (χ3v) is 7.16. The van der Waals surface area contributed by atoms with E-state index in [2.05, 4.69) is 54.7 Å². The number of nitrogens with one attached hydrogen (secondary N) is 2. The summed E-state index contributed by atoms with van der Waals surface area (Å²) in [7, 11) is 0. The van der Waals surface area contributed by atoms with Gasteiger partial charge >= 0.3 is 5.69 Å². The summed E-state index contributed by atoms with van der Waals surface area (Å²) in [6.07, 6.45) is 1.08. The Bertz CT molecular complexity index is 1550. The Kier molecular flexibility index (Phi) is 9.37. The summed E-state index contributed by atoms with van der Waals surface area (Å²) in [5.74, 6) is -0.426. The Morgan fingerprint density at radius 2 is 2.00 bits per heavy atom. The maximum absolute atomic E-state index is 12.5. The number of hydrogen-bond donors (Lipinski definition) is 3. The van der Waals surface area contributed by atoms with E-state index in [0.717, 1.165) is 32.8 Å². The standard InChI is InChI=1S/C25H21ClIN7O4S/c1-15-9-18(27)7-8-20(15)28-13-22-30-32-25(33(22)19-5-3-2-4-6-19)39-14-23(35)31-29-12-16-10-17(26)11-21(24(16)36)34(37)38/h2-12,28,36H,13-14H2,1H3,(H,31,35)/b29-12+. The summed E-state index contributed by atoms with van der Waals surface area (Å²) >= 11 is 9.32. The molecule has 0 saturated heterocycles. The monoisotopic (exact) mass is 677 g/mol. The first-order valence-electron chi connectivity index (χ1n) is 11.3. The second-order valence-corrected chi connectivity index (χ2v) is 10.7. The second-order valence-electron chi connectivity index (χ2n) is 8.08. The van der Waals surface area contributed by atoms with Crippen LogP contribution < -0.4 is 10.7 Å². The number of carbonyl (C=O) groups excluding carboxylic acids is 1. The van der Waals surface area contributed by atoms with Crippen molar-refractivity contribution >= 4 is 69.5 Å². The molecule has 0 atom stereocenters. The fourth-order valence-corrected chi connectivity index (χ4v) is 5.15. The molecule has 0 fully saturated rings. The van der Waals surface area contributed by atoms with Crippen molar-refractivity contribution in [2.75, 3.05) is 11.1 Å². The molecule has 14 heteroatoms. The number of anilines is 1. The van der Waals surface area contributed by atoms with Crippen LogP contribution in [0.5, 0.6) is 5.75 Å². The van der Waals surface area contributed by atoms with E-state index in [9.17, 15) is 20.0 Å². The van der Waals surface area contributed by atoms with Gasteiger partial charge in [0.15, 0.2) is 11.0 Å². The molecule has 3 aromatic carbocycles. The predicted molar refractivity (Wildman–Crippen MR) is 159 cm³/mol. The van der Waals surface area contributed by atoms with Crippen molar-refractivity contribution in [2.45, 2.75) is 18.6 Å². The van der Waals surface area contributed by atoms with Gasteiger partial charge in [0.05, 0.1) is 23.4 Å². The molecular formula is C25H21ClIN7O4S. The van der Waals surface area contributed by atoms with Crippen LogP contribution >= 0.6 is 46.0 Å². The lowest BCUT2D eigenvalue weighted by molar-refractivity contribution is -0.385. The van der Waals surface area contributed by atoms with Crippen LogP contribution in [0.1, 0.15) is 17.0 Å². The van der Waals surface area contributed by atoms with E-state index in [1.165, 1.54) is 17.8 Å². The second kappa shape index (κ2) is 12.9. The van der Waals surface area contributed by atoms with Crippen molar-refractivity contribution in [1.29, 1.82) is 0 Å². The van der Waals surface area contributed by atoms with Crippen molar-refractivity contribution in [2.24, 2.45) is 5.10 Å². The van der Waals surface area contributed by atoms with Crippen molar-refractivity contribution < 1.29 is 14.8 Å². The number of thioether (sulfide) groups is 1. The van der Waals surface area contributed by atoms with Crippen LogP contribution in [0.4, 0.5) is 11.4 Å². The third-order valence-electron chi connectivity index (χ3n) is 5.35. The number of nitrogens with zero attached hydrogens (tertiary/aromatic N) is 5. The number of nitro groups is 1. The highest BCUT2D eigenvalue weighted by molar-refractivity contribution is 14.1. The van der Waals surface area contributed by atoms with E-state index >= 15 is 0 Å². The van der Waals surface area contributed by atoms with Crippen LogP contribution in [-0.4, -0.2) is 42.7 Å². The minimum Gasteiger partial charge on any atom is -0.502 e. The molecule has 0 aliphatic heterocycles. The molecule has 4 rings (SSSR count). The number of hydrogen-bond acceptors (Lipinski definition) is 9. The fraction of sp³-hybridized carbons (Fsp3) is 0.120. The molecule has 0 aliphatic rings. The van der Waals surface area contributed by atoms with Crippen LogP contribution in [0.15, 0.2) is 70.9 Å². The number of phenolic OH excluding ortho intramolecular Hbond substituents is 1. The summed E-state index contributed by atoms with van der Waals surface area (Å²) in [6.45, 7) is 2.44. The zero-order valence-electron chi connectivity index (χ0n) is 20.3. The number of halogens is 2. The maximum Gasteiger partial charge on any atom is 0.312 e. The molecule has 3 N–H and O–H groups in total. The number of aromatic nitrogens is 3. The minimum atomic E-state index is -0.762. The number of phenols is 1. The van der Waals surface area contributed by atoms with Gasteiger partial charge in [-0.15, -0.1) is 10.2 Å². The molecular weight excluding hydrogens is 657 g/mol. The molecule has 0 saturated carbocycles. The van der Waals surface area contributed by atoms with Gasteiger partial charge in [0.2, 0.25) is 5.75 Å². The summed E-state index contributed by atoms with van der Waals surface area (Å²) in [5.41, 5.74) is 4.71. The normalized spacial score (nSPS) is 11.1. The Morgan fingerprint density at radius 3 is 2.72 bits per heavy atom. The average Bonchev–Trinajstić information content (AvgIpc) is 3.31. The van der Waals surface area contributed by atoms with Gasteiger partial charge in [-0.2, -0.15) is 5.10 Å². The van der Waals surface area contributed by atoms with Gasteiger partial charge in [-0.25, -0.2) is 5.43 Å². The predicted octanol–water partition coefficient (Wildman–Crippen LogP) is 5.30. The molecule has 1 heterocycles. The quantitative estimate of drug-likeness (QED) is 0.0674. The van der Waals surface area contributed by atoms with Gasteiger partial charge < -0.3 is 10.4 Å². The number of benzene rings is 3. The number of hydrazone groups is 1. The number of rotatable bonds is 10. The van der Waals surface area contributed by atoms with E-state index in [1.807, 2.05) is 54.0 Å². The summed E-state index contributed by atoms with van der Waals surface area (Å²) in [6, 6.07) is 18.0. The molecule has 39 heavy (non-hydrogen) atoms. The van der Waals surface area contributed by atoms with Gasteiger partial charge in [-0.1, -0.05) is 41.6 Å². The Morgan fingerprint density at radius 1 is 1.23 bits per heavy atom. The smallest absolute Gasteiger partial charge is 0.312 e. The van der Waals surface area contributed by atoms with Crippen molar-refractivity contribution in [3.63, 3.8) is 0 Å². The molecule has 0 bridgehead atoms. The number of aromatic hydroxyl groups is 1. The molecule has 0 aliphatic carbocycles. The molecule has 200 valence electrons. The highest BCUT2D eigenvalue weighted by Crippen LogP contribution is 2.32. The first kappa shape index (κ1) is 28.3. The number of aryl methyl sites for hydroxylation is 1. The van der Waals surface area contributed by atoms with E-state index in [0.29, 0.717) is 17.5 Å². The van der Waals surface area contributed by atoms with Crippen LogP contribution in [0.25, 0.3) is 5.69 Å². The molecule has 0 unspecified atom stereocenters. The van der Waals surface area contributed by atoms with Crippen molar-refractivity contribution in [3.8, 4) is 11.4 Å². The Balaban J connectivity index is 1.45. The van der Waals surface area contributed by atoms with Crippen LogP contribution in [0.2, 0.25) is 5.02 Å². The largest absolute Gasteiger partial charge is 0.502 e. The third kappa shape index (κ3) is 7.25. The molecule has 1 amide bonds. The lowest BCUT2D eigenvalue weighted by Crippen LogP contribution is -2.20. The first-order chi connectivity index (χ1) is 18.7. The van der Waals surface area contributed by atoms with Crippen LogP contribution in [0, 0.1) is 20.6 Å². The highest BCUT2D eigenvalue weighted by Gasteiger charge is 2.18. The van der Waals surface area contributed by atoms with Gasteiger partial charge in [0.1, 0.15) is 0 Å². The molecule has 0 spiro atoms. The molecule has 4 aromatic rings. The Labute approximate surface area is 246 Å². The lowest BCUT2D eigenvalue weighted by atomic mass is 10.2. The van der Waals surface area contributed by atoms with E-state index < -0.39 is 22.3 Å². The lowest BCUT2D eigenvalue weighted by Gasteiger charge is -2.12. The molecule has 11 nitrogen and oxygen atoms in total. The zero-order chi connectivity index (χ0) is 27.9. The van der Waals surface area contributed by atoms with E-state index in [-0.39, 0.29) is 16.3 Å². The van der Waals surface area contributed by atoms with Crippen molar-refractivity contribution in [3.05, 3.63) is 96.3 Å². The number of para-hydroxylation sites is 1. The van der Waals surface area contributed by atoms with Crippen molar-refractivity contribution in [1.82, 2.24) is 20.2 Å². The summed E-state index contributed by atoms with van der Waals surface area (Å²) in [4.78, 5) is 22.7. The van der Waals surface area contributed by atoms with Gasteiger partial charge in [-0.05, 0) is 71.5 Å². The number of amides is 1. The summed E-state index contributed by atoms with van der Waals surface area (Å²) < 4.78 is 3.02. The van der Waals surface area contributed by atoms with Gasteiger partial charge in [-0.3, -0.25) is 19.5 Å². The first-order valence-corrected chi connectivity index (χ1v) is 13.8. The Hall–Kier alpha value is -3.69. The highest BCUT2D eigenvalue weighted by atomic mass is 127. The van der Waals surface area contributed by atoms with Gasteiger partial charge in [0, 0.05) is 31.6 Å². The van der Waals surface area contributed by atoms with Crippen LogP contribution in [0.3, 0.4) is 0 Å². The number of carbonyl (C=O) groups is 1. The molecule has 0 radical (unpaired) electrons. The topological polar surface area (TPSA) is 148 Å². The SMILES string of the molecule is Cc1cc(I)ccc1NCc1nnc(SCC(=O)N/N=C/c2cc(Cl)cc([N+](=O)[O-])c2O)n1-c1ccccc1. The fourth-order valence-electron chi connectivity index (χ4n) is 3.52. The minimum absolute atomic E-state index is 0.00789. The average molecular weight is 678 g/mol. The maximum atomic E-state index is 12.5. The van der Waals surface area contributed by atoms with E-state index in [1.54, 1.807) is 0 Å². The van der Waals surface area contributed by atoms with Crippen LogP contribution in [-0.2, 0) is 11.3 Å². The van der Waals surface area contributed by atoms with Gasteiger partial charge in [0.25, 0.3) is 5.91 Å².